The number of hydrogen-bond donors (Lipinski definition) is 0. The second-order valence-corrected chi connectivity index (χ2v) is 4.16. The highest BCUT2D eigenvalue weighted by molar-refractivity contribution is 5.85. The summed E-state index contributed by atoms with van der Waals surface area (Å²) in [6, 6.07) is 6.18. The number of aromatic nitrogens is 1. The summed E-state index contributed by atoms with van der Waals surface area (Å²) >= 11 is 0. The molecule has 0 unspecified atom stereocenters. The summed E-state index contributed by atoms with van der Waals surface area (Å²) in [7, 11) is 1.62. The first kappa shape index (κ1) is 11.5. The molecule has 0 saturated heterocycles. The molecule has 0 aliphatic rings. The Morgan fingerprint density at radius 3 is 2.67 bits per heavy atom. The summed E-state index contributed by atoms with van der Waals surface area (Å²) in [5.74, 6) is 0.544. The molecule has 0 bridgehead atoms. The lowest BCUT2D eigenvalue weighted by Gasteiger charge is -2.23. The minimum Gasteiger partial charge on any atom is -0.443 e. The van der Waals surface area contributed by atoms with Crippen LogP contribution in [0.1, 0.15) is 20.8 Å². The highest BCUT2D eigenvalue weighted by Gasteiger charge is 2.20. The Balaban J connectivity index is 2.70. The second kappa shape index (κ2) is 4.29. The van der Waals surface area contributed by atoms with Gasteiger partial charge in [0, 0.05) is 19.3 Å². The van der Waals surface area contributed by atoms with E-state index in [1.165, 1.54) is 11.1 Å². The average molecular weight is 207 g/mol. The molecule has 0 aliphatic heterocycles. The first-order valence-corrected chi connectivity index (χ1v) is 4.69. The fourth-order valence-corrected chi connectivity index (χ4v) is 0.934. The number of pyridine rings is 1. The van der Waals surface area contributed by atoms with Crippen molar-refractivity contribution < 1.29 is 9.53 Å². The van der Waals surface area contributed by atoms with E-state index >= 15 is 0 Å². The molecule has 15 heavy (non-hydrogen) atoms. The quantitative estimate of drug-likeness (QED) is 0.709. The molecule has 1 radical (unpaired) electrons. The standard InChI is InChI=1S/C11H15N2O2/c1-11(2,3)15-10(14)13(4)9-7-5-6-8-12-9/h5,7-8H,1-4H3. The van der Waals surface area contributed by atoms with E-state index in [9.17, 15) is 4.79 Å². The third-order valence-corrected chi connectivity index (χ3v) is 1.61. The minimum atomic E-state index is -0.494. The van der Waals surface area contributed by atoms with Crippen molar-refractivity contribution in [3.8, 4) is 0 Å². The summed E-state index contributed by atoms with van der Waals surface area (Å²) in [6.45, 7) is 5.47. The Labute approximate surface area is 89.9 Å². The number of hydrogen-bond acceptors (Lipinski definition) is 3. The maximum atomic E-state index is 11.6. The maximum absolute atomic E-state index is 11.6. The third-order valence-electron chi connectivity index (χ3n) is 1.61. The highest BCUT2D eigenvalue weighted by atomic mass is 16.6. The molecule has 1 amide bonds. The summed E-state index contributed by atoms with van der Waals surface area (Å²) in [6.07, 6.45) is 1.09. The zero-order chi connectivity index (χ0) is 11.5. The Morgan fingerprint density at radius 2 is 2.20 bits per heavy atom. The van der Waals surface area contributed by atoms with Gasteiger partial charge in [0.15, 0.2) is 0 Å². The first-order valence-electron chi connectivity index (χ1n) is 4.69. The van der Waals surface area contributed by atoms with Gasteiger partial charge in [0.25, 0.3) is 0 Å². The van der Waals surface area contributed by atoms with Gasteiger partial charge in [-0.3, -0.25) is 4.90 Å². The predicted octanol–water partition coefficient (Wildman–Crippen LogP) is 2.25. The van der Waals surface area contributed by atoms with Crippen molar-refractivity contribution in [2.24, 2.45) is 0 Å². The number of nitrogens with zero attached hydrogens (tertiary/aromatic N) is 2. The maximum Gasteiger partial charge on any atom is 0.415 e. The largest absolute Gasteiger partial charge is 0.443 e. The van der Waals surface area contributed by atoms with Gasteiger partial charge in [0.1, 0.15) is 11.4 Å². The Bertz CT molecular complexity index is 330. The van der Waals surface area contributed by atoms with Crippen molar-refractivity contribution in [3.05, 3.63) is 24.4 Å². The lowest BCUT2D eigenvalue weighted by atomic mass is 10.2. The van der Waals surface area contributed by atoms with E-state index in [2.05, 4.69) is 11.1 Å². The van der Waals surface area contributed by atoms with Gasteiger partial charge < -0.3 is 4.74 Å². The van der Waals surface area contributed by atoms with Crippen molar-refractivity contribution in [1.29, 1.82) is 0 Å². The van der Waals surface area contributed by atoms with Crippen LogP contribution in [-0.2, 0) is 4.74 Å². The Morgan fingerprint density at radius 1 is 1.53 bits per heavy atom. The Kier molecular flexibility index (Phi) is 3.29. The van der Waals surface area contributed by atoms with E-state index in [4.69, 9.17) is 4.74 Å². The SMILES string of the molecule is CN(C(=O)OC(C)(C)C)c1cc[c]cn1. The molecule has 4 heteroatoms. The highest BCUT2D eigenvalue weighted by Crippen LogP contribution is 2.13. The molecule has 0 spiro atoms. The molecule has 0 N–H and O–H groups in total. The lowest BCUT2D eigenvalue weighted by molar-refractivity contribution is 0.0588. The molecule has 1 rings (SSSR count). The van der Waals surface area contributed by atoms with Crippen molar-refractivity contribution >= 4 is 11.9 Å². The summed E-state index contributed by atoms with van der Waals surface area (Å²) < 4.78 is 5.19. The third kappa shape index (κ3) is 3.58. The van der Waals surface area contributed by atoms with E-state index in [-0.39, 0.29) is 0 Å². The molecule has 0 fully saturated rings. The van der Waals surface area contributed by atoms with Crippen molar-refractivity contribution in [3.63, 3.8) is 0 Å². The molecule has 81 valence electrons. The monoisotopic (exact) mass is 207 g/mol. The van der Waals surface area contributed by atoms with E-state index in [0.29, 0.717) is 5.82 Å². The van der Waals surface area contributed by atoms with Crippen LogP contribution < -0.4 is 4.90 Å². The van der Waals surface area contributed by atoms with Crippen LogP contribution in [-0.4, -0.2) is 23.7 Å². The molecular formula is C11H15N2O2. The second-order valence-electron chi connectivity index (χ2n) is 4.16. The molecule has 4 nitrogen and oxygen atoms in total. The van der Waals surface area contributed by atoms with Crippen LogP contribution in [0.5, 0.6) is 0 Å². The molecule has 1 aromatic heterocycles. The summed E-state index contributed by atoms with van der Waals surface area (Å²) in [5, 5.41) is 0. The van der Waals surface area contributed by atoms with Gasteiger partial charge in [-0.2, -0.15) is 0 Å². The minimum absolute atomic E-state index is 0.416. The number of carbonyl (C=O) groups excluding carboxylic acids is 1. The van der Waals surface area contributed by atoms with Crippen LogP contribution in [0.15, 0.2) is 18.3 Å². The van der Waals surface area contributed by atoms with Crippen LogP contribution in [0, 0.1) is 6.07 Å². The smallest absolute Gasteiger partial charge is 0.415 e. The van der Waals surface area contributed by atoms with Crippen LogP contribution in [0.3, 0.4) is 0 Å². The predicted molar refractivity (Wildman–Crippen MR) is 57.7 cm³/mol. The van der Waals surface area contributed by atoms with Gasteiger partial charge in [-0.25, -0.2) is 9.78 Å². The fourth-order valence-electron chi connectivity index (χ4n) is 0.934. The van der Waals surface area contributed by atoms with Gasteiger partial charge in [0.2, 0.25) is 0 Å². The van der Waals surface area contributed by atoms with Gasteiger partial charge in [-0.15, -0.1) is 0 Å². The zero-order valence-electron chi connectivity index (χ0n) is 9.44. The van der Waals surface area contributed by atoms with Gasteiger partial charge in [-0.1, -0.05) is 0 Å². The molecule has 0 aliphatic carbocycles. The Hall–Kier alpha value is -1.58. The van der Waals surface area contributed by atoms with Crippen molar-refractivity contribution in [2.75, 3.05) is 11.9 Å². The van der Waals surface area contributed by atoms with Crippen LogP contribution in [0.4, 0.5) is 10.6 Å². The van der Waals surface area contributed by atoms with Crippen LogP contribution >= 0.6 is 0 Å². The van der Waals surface area contributed by atoms with Crippen molar-refractivity contribution in [1.82, 2.24) is 4.98 Å². The van der Waals surface area contributed by atoms with E-state index < -0.39 is 11.7 Å². The zero-order valence-corrected chi connectivity index (χ0v) is 9.44. The van der Waals surface area contributed by atoms with Crippen molar-refractivity contribution in [2.45, 2.75) is 26.4 Å². The topological polar surface area (TPSA) is 42.4 Å². The molecule has 1 aromatic rings. The molecule has 1 heterocycles. The van der Waals surface area contributed by atoms with E-state index in [1.54, 1.807) is 19.2 Å². The van der Waals surface area contributed by atoms with Gasteiger partial charge >= 0.3 is 6.09 Å². The van der Waals surface area contributed by atoms with Gasteiger partial charge in [-0.05, 0) is 32.9 Å². The number of amides is 1. The normalized spacial score (nSPS) is 10.9. The fraction of sp³-hybridized carbons (Fsp3) is 0.455. The van der Waals surface area contributed by atoms with Crippen LogP contribution in [0.2, 0.25) is 0 Å². The van der Waals surface area contributed by atoms with E-state index in [0.717, 1.165) is 0 Å². The number of carbonyl (C=O) groups is 1. The lowest BCUT2D eigenvalue weighted by Crippen LogP contribution is -2.34. The number of ether oxygens (including phenoxy) is 1. The molecule has 0 saturated carbocycles. The summed E-state index contributed by atoms with van der Waals surface area (Å²) in [4.78, 5) is 17.0. The number of anilines is 1. The van der Waals surface area contributed by atoms with Crippen LogP contribution in [0.25, 0.3) is 0 Å². The van der Waals surface area contributed by atoms with Gasteiger partial charge in [0.05, 0.1) is 0 Å². The molecular weight excluding hydrogens is 192 g/mol. The molecule has 0 aromatic carbocycles. The first-order chi connectivity index (χ1) is 6.90. The van der Waals surface area contributed by atoms with E-state index in [1.807, 2.05) is 20.8 Å². The average Bonchev–Trinajstić information content (AvgIpc) is 2.15. The number of rotatable bonds is 1. The molecule has 0 atom stereocenters. The summed E-state index contributed by atoms with van der Waals surface area (Å²) in [5.41, 5.74) is -0.494.